The summed E-state index contributed by atoms with van der Waals surface area (Å²) in [6.07, 6.45) is 0. The summed E-state index contributed by atoms with van der Waals surface area (Å²) < 4.78 is 40.4. The van der Waals surface area contributed by atoms with Crippen molar-refractivity contribution in [2.24, 2.45) is 0 Å². The first-order valence-corrected chi connectivity index (χ1v) is 11.9. The molecule has 0 spiro atoms. The molecule has 1 unspecified atom stereocenters. The van der Waals surface area contributed by atoms with Crippen molar-refractivity contribution in [3.05, 3.63) is 84.2 Å². The number of hydrogen-bond donors (Lipinski definition) is 0. The number of sulfone groups is 1. The zero-order chi connectivity index (χ0) is 22.2. The van der Waals surface area contributed by atoms with Gasteiger partial charge in [-0.3, -0.25) is 9.69 Å². The monoisotopic (exact) mass is 454 g/mol. The van der Waals surface area contributed by atoms with Gasteiger partial charge in [0.2, 0.25) is 0 Å². The third-order valence-electron chi connectivity index (χ3n) is 5.01. The van der Waals surface area contributed by atoms with Gasteiger partial charge >= 0.3 is 0 Å². The number of rotatable bonds is 5. The summed E-state index contributed by atoms with van der Waals surface area (Å²) in [5.74, 6) is -1.17. The molecule has 1 amide bonds. The second-order valence-corrected chi connectivity index (χ2v) is 10.3. The Balaban J connectivity index is 1.82. The Morgan fingerprint density at radius 1 is 1.00 bits per heavy atom. The molecular formula is C23H19FN2O3S2. The van der Waals surface area contributed by atoms with Crippen molar-refractivity contribution in [1.82, 2.24) is 4.98 Å². The number of thiazole rings is 1. The van der Waals surface area contributed by atoms with E-state index in [2.05, 4.69) is 4.98 Å². The molecule has 0 fully saturated rings. The largest absolute Gasteiger partial charge is 0.273 e. The van der Waals surface area contributed by atoms with Crippen molar-refractivity contribution < 1.29 is 17.6 Å². The quantitative estimate of drug-likeness (QED) is 0.385. The number of hydrogen-bond acceptors (Lipinski definition) is 5. The van der Waals surface area contributed by atoms with Gasteiger partial charge < -0.3 is 0 Å². The van der Waals surface area contributed by atoms with Gasteiger partial charge in [0.15, 0.2) is 15.0 Å². The molecule has 0 saturated carbocycles. The highest BCUT2D eigenvalue weighted by Gasteiger charge is 2.36. The van der Waals surface area contributed by atoms with Gasteiger partial charge in [0, 0.05) is 0 Å². The normalized spacial score (nSPS) is 12.6. The van der Waals surface area contributed by atoms with Crippen LogP contribution in [0.4, 0.5) is 15.2 Å². The lowest BCUT2D eigenvalue weighted by Crippen LogP contribution is -2.39. The van der Waals surface area contributed by atoms with E-state index in [0.29, 0.717) is 10.8 Å². The van der Waals surface area contributed by atoms with E-state index in [1.165, 1.54) is 35.3 Å². The van der Waals surface area contributed by atoms with Gasteiger partial charge in [-0.2, -0.15) is 0 Å². The van der Waals surface area contributed by atoms with Crippen molar-refractivity contribution in [2.75, 3.05) is 4.90 Å². The Morgan fingerprint density at radius 3 is 2.32 bits per heavy atom. The summed E-state index contributed by atoms with van der Waals surface area (Å²) in [5, 5.41) is -1.01. The lowest BCUT2D eigenvalue weighted by Gasteiger charge is -2.25. The van der Waals surface area contributed by atoms with Crippen LogP contribution in [0.3, 0.4) is 0 Å². The highest BCUT2D eigenvalue weighted by Crippen LogP contribution is 2.36. The highest BCUT2D eigenvalue weighted by atomic mass is 32.2. The van der Waals surface area contributed by atoms with E-state index in [1.54, 1.807) is 12.1 Å². The summed E-state index contributed by atoms with van der Waals surface area (Å²) >= 11 is 1.31. The van der Waals surface area contributed by atoms with Crippen LogP contribution in [0.25, 0.3) is 10.2 Å². The number of para-hydroxylation sites is 2. The first kappa shape index (κ1) is 21.1. The second kappa shape index (κ2) is 8.20. The van der Waals surface area contributed by atoms with Crippen molar-refractivity contribution in [2.45, 2.75) is 24.0 Å². The van der Waals surface area contributed by atoms with Crippen LogP contribution in [0.1, 0.15) is 12.5 Å². The molecule has 4 aromatic rings. The number of benzene rings is 3. The minimum atomic E-state index is -4.04. The Kier molecular flexibility index (Phi) is 5.60. The van der Waals surface area contributed by atoms with Crippen LogP contribution in [0.2, 0.25) is 0 Å². The van der Waals surface area contributed by atoms with Crippen LogP contribution in [0.15, 0.2) is 77.7 Å². The van der Waals surface area contributed by atoms with Gasteiger partial charge in [-0.1, -0.05) is 41.7 Å². The molecule has 0 aliphatic rings. The minimum Gasteiger partial charge on any atom is -0.273 e. The number of carbonyl (C=O) groups excluding carboxylic acids is 1. The summed E-state index contributed by atoms with van der Waals surface area (Å²) in [6.45, 7) is 3.20. The SMILES string of the molecule is Cc1ccccc1N(C(=O)C(C)S(=O)(=O)c1ccc(F)cc1)c1nc2ccccc2s1. The maximum absolute atomic E-state index is 13.6. The fourth-order valence-electron chi connectivity index (χ4n) is 3.23. The molecule has 0 radical (unpaired) electrons. The molecule has 0 saturated heterocycles. The van der Waals surface area contributed by atoms with Crippen LogP contribution in [0, 0.1) is 12.7 Å². The topological polar surface area (TPSA) is 67.3 Å². The maximum Gasteiger partial charge on any atom is 0.251 e. The van der Waals surface area contributed by atoms with E-state index in [0.717, 1.165) is 27.9 Å². The molecule has 1 atom stereocenters. The lowest BCUT2D eigenvalue weighted by molar-refractivity contribution is -0.117. The zero-order valence-electron chi connectivity index (χ0n) is 16.8. The Hall–Kier alpha value is -3.10. The van der Waals surface area contributed by atoms with E-state index in [-0.39, 0.29) is 4.90 Å². The first-order chi connectivity index (χ1) is 14.8. The number of aromatic nitrogens is 1. The number of amides is 1. The molecule has 1 heterocycles. The summed E-state index contributed by atoms with van der Waals surface area (Å²) in [6, 6.07) is 19.2. The van der Waals surface area contributed by atoms with Crippen LogP contribution in [-0.2, 0) is 14.6 Å². The Morgan fingerprint density at radius 2 is 1.65 bits per heavy atom. The number of halogens is 1. The summed E-state index contributed by atoms with van der Waals surface area (Å²) in [4.78, 5) is 19.4. The second-order valence-electron chi connectivity index (χ2n) is 7.07. The van der Waals surface area contributed by atoms with E-state index in [1.807, 2.05) is 43.3 Å². The fraction of sp³-hybridized carbons (Fsp3) is 0.130. The van der Waals surface area contributed by atoms with Gasteiger partial charge in [0.25, 0.3) is 5.91 Å². The van der Waals surface area contributed by atoms with Crippen LogP contribution in [-0.4, -0.2) is 24.6 Å². The smallest absolute Gasteiger partial charge is 0.251 e. The van der Waals surface area contributed by atoms with Crippen LogP contribution in [0.5, 0.6) is 0 Å². The molecule has 5 nitrogen and oxygen atoms in total. The molecule has 158 valence electrons. The molecule has 4 rings (SSSR count). The molecule has 0 aliphatic carbocycles. The van der Waals surface area contributed by atoms with E-state index < -0.39 is 26.8 Å². The number of nitrogens with zero attached hydrogens (tertiary/aromatic N) is 2. The third kappa shape index (κ3) is 3.96. The van der Waals surface area contributed by atoms with Gasteiger partial charge in [-0.15, -0.1) is 0 Å². The molecular weight excluding hydrogens is 435 g/mol. The highest BCUT2D eigenvalue weighted by molar-refractivity contribution is 7.92. The molecule has 0 N–H and O–H groups in total. The predicted molar refractivity (Wildman–Crippen MR) is 121 cm³/mol. The molecule has 0 aliphatic heterocycles. The molecule has 1 aromatic heterocycles. The molecule has 0 bridgehead atoms. The van der Waals surface area contributed by atoms with Gasteiger partial charge in [0.1, 0.15) is 11.1 Å². The number of aryl methyl sites for hydroxylation is 1. The van der Waals surface area contributed by atoms with Crippen LogP contribution < -0.4 is 4.90 Å². The van der Waals surface area contributed by atoms with Crippen molar-refractivity contribution in [3.63, 3.8) is 0 Å². The Bertz CT molecular complexity index is 1330. The summed E-state index contributed by atoms with van der Waals surface area (Å²) in [7, 11) is -4.04. The first-order valence-electron chi connectivity index (χ1n) is 9.53. The maximum atomic E-state index is 13.6. The average Bonchev–Trinajstić information content (AvgIpc) is 3.18. The summed E-state index contributed by atoms with van der Waals surface area (Å²) in [5.41, 5.74) is 2.09. The van der Waals surface area contributed by atoms with Crippen molar-refractivity contribution in [3.8, 4) is 0 Å². The van der Waals surface area contributed by atoms with Gasteiger partial charge in [-0.05, 0) is 61.9 Å². The van der Waals surface area contributed by atoms with Crippen molar-refractivity contribution in [1.29, 1.82) is 0 Å². The fourth-order valence-corrected chi connectivity index (χ4v) is 5.51. The van der Waals surface area contributed by atoms with Gasteiger partial charge in [-0.25, -0.2) is 17.8 Å². The lowest BCUT2D eigenvalue weighted by atomic mass is 10.2. The van der Waals surface area contributed by atoms with E-state index >= 15 is 0 Å². The van der Waals surface area contributed by atoms with Gasteiger partial charge in [0.05, 0.1) is 20.8 Å². The average molecular weight is 455 g/mol. The predicted octanol–water partition coefficient (Wildman–Crippen LogP) is 5.27. The molecule has 3 aromatic carbocycles. The molecule has 31 heavy (non-hydrogen) atoms. The minimum absolute atomic E-state index is 0.108. The van der Waals surface area contributed by atoms with E-state index in [4.69, 9.17) is 0 Å². The zero-order valence-corrected chi connectivity index (χ0v) is 18.5. The number of anilines is 2. The van der Waals surface area contributed by atoms with E-state index in [9.17, 15) is 17.6 Å². The van der Waals surface area contributed by atoms with Crippen LogP contribution >= 0.6 is 11.3 Å². The number of fused-ring (bicyclic) bond motifs is 1. The standard InChI is InChI=1S/C23H19FN2O3S2/c1-15-7-3-5-9-20(15)26(23-25-19-8-4-6-10-21(19)30-23)22(27)16(2)31(28,29)18-13-11-17(24)12-14-18/h3-14,16H,1-2H3. The molecule has 8 heteroatoms. The Labute approximate surface area is 183 Å². The third-order valence-corrected chi connectivity index (χ3v) is 8.09. The van der Waals surface area contributed by atoms with Crippen molar-refractivity contribution >= 4 is 48.1 Å². The number of carbonyl (C=O) groups is 1.